The van der Waals surface area contributed by atoms with Crippen LogP contribution in [0, 0.1) is 0 Å². The number of carbonyl (C=O) groups is 3. The lowest BCUT2D eigenvalue weighted by Crippen LogP contribution is -2.40. The van der Waals surface area contributed by atoms with E-state index in [0.717, 1.165) is 16.7 Å². The van der Waals surface area contributed by atoms with Crippen molar-refractivity contribution >= 4 is 35.7 Å². The van der Waals surface area contributed by atoms with Gasteiger partial charge >= 0.3 is 11.9 Å². The third-order valence-corrected chi connectivity index (χ3v) is 5.61. The molecule has 0 bridgehead atoms. The zero-order valence-electron chi connectivity index (χ0n) is 17.9. The number of methoxy groups -OCH3 is 1. The van der Waals surface area contributed by atoms with Gasteiger partial charge in [-0.05, 0) is 46.7 Å². The molecule has 1 aliphatic heterocycles. The number of ether oxygens (including phenoxy) is 2. The third kappa shape index (κ3) is 5.85. The maximum absolute atomic E-state index is 12.8. The fourth-order valence-electron chi connectivity index (χ4n) is 3.11. The molecular formula is C22H29NO5S. The van der Waals surface area contributed by atoms with Crippen molar-refractivity contribution in [3.63, 3.8) is 0 Å². The smallest absolute Gasteiger partial charge is 0.325 e. The van der Waals surface area contributed by atoms with Crippen LogP contribution in [-0.4, -0.2) is 48.7 Å². The lowest BCUT2D eigenvalue weighted by molar-refractivity contribution is -0.145. The minimum Gasteiger partial charge on any atom is -0.468 e. The SMILES string of the molecule is COC(=O)CN1CCS/C(=C/c2cc(C(C)C)c(OC(C)=O)c(C(C)C)c2)C1=O. The molecule has 2 rings (SSSR count). The zero-order chi connectivity index (χ0) is 21.7. The summed E-state index contributed by atoms with van der Waals surface area (Å²) in [5.41, 5.74) is 2.74. The van der Waals surface area contributed by atoms with Crippen LogP contribution in [0.3, 0.4) is 0 Å². The molecule has 1 aromatic carbocycles. The fraction of sp³-hybridized carbons (Fsp3) is 0.500. The molecule has 1 aromatic rings. The average Bonchev–Trinajstić information content (AvgIpc) is 2.64. The first-order chi connectivity index (χ1) is 13.6. The Morgan fingerprint density at radius 1 is 1.17 bits per heavy atom. The van der Waals surface area contributed by atoms with Gasteiger partial charge in [-0.15, -0.1) is 11.8 Å². The lowest BCUT2D eigenvalue weighted by atomic mass is 9.91. The molecule has 1 aliphatic rings. The van der Waals surface area contributed by atoms with E-state index in [1.54, 1.807) is 0 Å². The van der Waals surface area contributed by atoms with Crippen molar-refractivity contribution < 1.29 is 23.9 Å². The van der Waals surface area contributed by atoms with Gasteiger partial charge in [0, 0.05) is 19.2 Å². The van der Waals surface area contributed by atoms with Crippen molar-refractivity contribution in [3.8, 4) is 5.75 Å². The van der Waals surface area contributed by atoms with Gasteiger partial charge in [0.1, 0.15) is 12.3 Å². The number of hydrogen-bond donors (Lipinski definition) is 0. The average molecular weight is 420 g/mol. The predicted molar refractivity (Wildman–Crippen MR) is 115 cm³/mol. The third-order valence-electron chi connectivity index (χ3n) is 4.62. The van der Waals surface area contributed by atoms with E-state index in [1.165, 1.54) is 30.7 Å². The van der Waals surface area contributed by atoms with E-state index in [0.29, 0.717) is 23.0 Å². The van der Waals surface area contributed by atoms with Crippen LogP contribution in [0.25, 0.3) is 6.08 Å². The molecule has 1 heterocycles. The first kappa shape index (κ1) is 23.0. The summed E-state index contributed by atoms with van der Waals surface area (Å²) in [4.78, 5) is 38.1. The number of hydrogen-bond acceptors (Lipinski definition) is 6. The molecule has 0 radical (unpaired) electrons. The summed E-state index contributed by atoms with van der Waals surface area (Å²) in [6.07, 6.45) is 1.85. The van der Waals surface area contributed by atoms with Gasteiger partial charge < -0.3 is 14.4 Å². The van der Waals surface area contributed by atoms with Crippen molar-refractivity contribution in [2.45, 2.75) is 46.5 Å². The topological polar surface area (TPSA) is 72.9 Å². The number of nitrogens with zero attached hydrogens (tertiary/aromatic N) is 1. The van der Waals surface area contributed by atoms with Crippen LogP contribution in [0.4, 0.5) is 0 Å². The van der Waals surface area contributed by atoms with Gasteiger partial charge in [0.2, 0.25) is 0 Å². The summed E-state index contributed by atoms with van der Waals surface area (Å²) < 4.78 is 10.2. The zero-order valence-corrected chi connectivity index (χ0v) is 18.7. The first-order valence-electron chi connectivity index (χ1n) is 9.70. The Morgan fingerprint density at radius 2 is 1.76 bits per heavy atom. The molecule has 1 fully saturated rings. The molecule has 1 amide bonds. The molecule has 0 saturated carbocycles. The van der Waals surface area contributed by atoms with Crippen LogP contribution in [0.5, 0.6) is 5.75 Å². The Balaban J connectivity index is 2.47. The largest absolute Gasteiger partial charge is 0.468 e. The van der Waals surface area contributed by atoms with Gasteiger partial charge in [0.25, 0.3) is 5.91 Å². The normalized spacial score (nSPS) is 15.9. The van der Waals surface area contributed by atoms with Gasteiger partial charge in [-0.25, -0.2) is 0 Å². The van der Waals surface area contributed by atoms with Crippen LogP contribution in [0.1, 0.15) is 63.1 Å². The van der Waals surface area contributed by atoms with Crippen molar-refractivity contribution in [2.24, 2.45) is 0 Å². The summed E-state index contributed by atoms with van der Waals surface area (Å²) >= 11 is 1.48. The van der Waals surface area contributed by atoms with Crippen LogP contribution >= 0.6 is 11.8 Å². The number of thioether (sulfide) groups is 1. The van der Waals surface area contributed by atoms with Gasteiger partial charge in [-0.1, -0.05) is 27.7 Å². The second-order valence-electron chi connectivity index (χ2n) is 7.59. The number of carbonyl (C=O) groups excluding carboxylic acids is 3. The Kier molecular flexibility index (Phi) is 7.90. The van der Waals surface area contributed by atoms with Crippen LogP contribution < -0.4 is 4.74 Å². The molecule has 158 valence electrons. The van der Waals surface area contributed by atoms with Crippen LogP contribution in [0.15, 0.2) is 17.0 Å². The number of amides is 1. The summed E-state index contributed by atoms with van der Waals surface area (Å²) in [7, 11) is 1.31. The molecule has 0 unspecified atom stereocenters. The quantitative estimate of drug-likeness (QED) is 0.395. The minimum absolute atomic E-state index is 0.0485. The van der Waals surface area contributed by atoms with Crippen molar-refractivity contribution in [2.75, 3.05) is 26.0 Å². The highest BCUT2D eigenvalue weighted by molar-refractivity contribution is 8.04. The minimum atomic E-state index is -0.431. The summed E-state index contributed by atoms with van der Waals surface area (Å²) in [5.74, 6) is 0.661. The van der Waals surface area contributed by atoms with E-state index < -0.39 is 5.97 Å². The van der Waals surface area contributed by atoms with Crippen molar-refractivity contribution in [1.29, 1.82) is 0 Å². The van der Waals surface area contributed by atoms with Gasteiger partial charge in [0.15, 0.2) is 0 Å². The lowest BCUT2D eigenvalue weighted by Gasteiger charge is -2.27. The van der Waals surface area contributed by atoms with Crippen molar-refractivity contribution in [1.82, 2.24) is 4.90 Å². The maximum atomic E-state index is 12.8. The molecule has 6 nitrogen and oxygen atoms in total. The molecule has 1 saturated heterocycles. The molecular weight excluding hydrogens is 390 g/mol. The highest BCUT2D eigenvalue weighted by Gasteiger charge is 2.26. The standard InChI is InChI=1S/C22H29NO5S/c1-13(2)17-9-16(10-18(14(3)4)21(17)28-15(5)24)11-19-22(26)23(7-8-29-19)12-20(25)27-6/h9-11,13-14H,7-8,12H2,1-6H3/b19-11+. The molecule has 0 aromatic heterocycles. The summed E-state index contributed by atoms with van der Waals surface area (Å²) in [6, 6.07) is 3.93. The van der Waals surface area contributed by atoms with Crippen LogP contribution in [-0.2, 0) is 19.1 Å². The van der Waals surface area contributed by atoms with Gasteiger partial charge in [-0.2, -0.15) is 0 Å². The van der Waals surface area contributed by atoms with E-state index in [-0.39, 0.29) is 30.3 Å². The summed E-state index contributed by atoms with van der Waals surface area (Å²) in [5, 5.41) is 0. The first-order valence-corrected chi connectivity index (χ1v) is 10.7. The van der Waals surface area contributed by atoms with E-state index in [1.807, 2.05) is 45.9 Å². The Bertz CT molecular complexity index is 799. The summed E-state index contributed by atoms with van der Waals surface area (Å²) in [6.45, 7) is 10.0. The highest BCUT2D eigenvalue weighted by atomic mass is 32.2. The fourth-order valence-corrected chi connectivity index (χ4v) is 4.12. The molecule has 0 atom stereocenters. The van der Waals surface area contributed by atoms with Crippen LogP contribution in [0.2, 0.25) is 0 Å². The van der Waals surface area contributed by atoms with E-state index >= 15 is 0 Å². The maximum Gasteiger partial charge on any atom is 0.325 e. The Hall–Kier alpha value is -2.28. The van der Waals surface area contributed by atoms with Crippen molar-refractivity contribution in [3.05, 3.63) is 33.7 Å². The molecule has 0 spiro atoms. The highest BCUT2D eigenvalue weighted by Crippen LogP contribution is 2.37. The number of esters is 2. The van der Waals surface area contributed by atoms with Gasteiger partial charge in [0.05, 0.1) is 12.0 Å². The molecule has 7 heteroatoms. The Morgan fingerprint density at radius 3 is 2.24 bits per heavy atom. The second-order valence-corrected chi connectivity index (χ2v) is 8.73. The molecule has 29 heavy (non-hydrogen) atoms. The Labute approximate surface area is 176 Å². The van der Waals surface area contributed by atoms with E-state index in [9.17, 15) is 14.4 Å². The van der Waals surface area contributed by atoms with E-state index in [4.69, 9.17) is 4.74 Å². The molecule has 0 N–H and O–H groups in total. The monoisotopic (exact) mass is 419 g/mol. The molecule has 0 aliphatic carbocycles. The number of rotatable bonds is 6. The van der Waals surface area contributed by atoms with E-state index in [2.05, 4.69) is 4.74 Å². The predicted octanol–water partition coefficient (Wildman–Crippen LogP) is 3.95. The number of benzene rings is 1. The van der Waals surface area contributed by atoms with Gasteiger partial charge in [-0.3, -0.25) is 14.4 Å². The second kappa shape index (κ2) is 9.96.